The van der Waals surface area contributed by atoms with Crippen molar-refractivity contribution in [3.8, 4) is 11.5 Å². The SMILES string of the molecule is CCOC(=O)c1ccccc1Oc1ccnc(Nc2ccn(C)n2)c1C. The summed E-state index contributed by atoms with van der Waals surface area (Å²) in [6, 6.07) is 10.6. The van der Waals surface area contributed by atoms with Gasteiger partial charge < -0.3 is 14.8 Å². The summed E-state index contributed by atoms with van der Waals surface area (Å²) in [5.74, 6) is 1.93. The van der Waals surface area contributed by atoms with Crippen LogP contribution in [-0.2, 0) is 11.8 Å². The predicted molar refractivity (Wildman–Crippen MR) is 97.9 cm³/mol. The maximum absolute atomic E-state index is 12.1. The Morgan fingerprint density at radius 2 is 2.00 bits per heavy atom. The molecule has 1 N–H and O–H groups in total. The minimum Gasteiger partial charge on any atom is -0.462 e. The molecule has 0 fully saturated rings. The fourth-order valence-electron chi connectivity index (χ4n) is 2.41. The van der Waals surface area contributed by atoms with Crippen LogP contribution in [0.2, 0.25) is 0 Å². The second-order valence-electron chi connectivity index (χ2n) is 5.60. The van der Waals surface area contributed by atoms with Crippen LogP contribution in [0.15, 0.2) is 48.8 Å². The van der Waals surface area contributed by atoms with Crippen molar-refractivity contribution >= 4 is 17.6 Å². The number of carbonyl (C=O) groups is 1. The van der Waals surface area contributed by atoms with E-state index in [2.05, 4.69) is 15.4 Å². The number of ether oxygens (including phenoxy) is 2. The summed E-state index contributed by atoms with van der Waals surface area (Å²) in [6.45, 7) is 3.96. The predicted octanol–water partition coefficient (Wildman–Crippen LogP) is 3.84. The van der Waals surface area contributed by atoms with Gasteiger partial charge in [-0.2, -0.15) is 5.10 Å². The van der Waals surface area contributed by atoms with Crippen molar-refractivity contribution in [2.24, 2.45) is 7.05 Å². The maximum atomic E-state index is 12.1. The first kappa shape index (κ1) is 17.5. The molecule has 2 heterocycles. The second-order valence-corrected chi connectivity index (χ2v) is 5.60. The molecule has 3 aromatic rings. The summed E-state index contributed by atoms with van der Waals surface area (Å²) in [7, 11) is 1.84. The molecular formula is C19H20N4O3. The summed E-state index contributed by atoms with van der Waals surface area (Å²) in [5, 5.41) is 7.44. The normalized spacial score (nSPS) is 10.4. The topological polar surface area (TPSA) is 78.3 Å². The van der Waals surface area contributed by atoms with Gasteiger partial charge in [0, 0.05) is 31.1 Å². The third-order valence-corrected chi connectivity index (χ3v) is 3.72. The second kappa shape index (κ2) is 7.69. The first-order chi connectivity index (χ1) is 12.6. The highest BCUT2D eigenvalue weighted by Gasteiger charge is 2.15. The molecule has 0 amide bonds. The number of para-hydroxylation sites is 1. The van der Waals surface area contributed by atoms with Gasteiger partial charge in [0.1, 0.15) is 22.9 Å². The lowest BCUT2D eigenvalue weighted by Gasteiger charge is -2.14. The number of carbonyl (C=O) groups excluding carboxylic acids is 1. The summed E-state index contributed by atoms with van der Waals surface area (Å²) < 4.78 is 12.8. The van der Waals surface area contributed by atoms with E-state index in [0.717, 1.165) is 5.56 Å². The lowest BCUT2D eigenvalue weighted by Crippen LogP contribution is -2.06. The number of nitrogens with zero attached hydrogens (tertiary/aromatic N) is 3. The van der Waals surface area contributed by atoms with Crippen molar-refractivity contribution < 1.29 is 14.3 Å². The Labute approximate surface area is 151 Å². The van der Waals surface area contributed by atoms with Gasteiger partial charge >= 0.3 is 5.97 Å². The summed E-state index contributed by atoms with van der Waals surface area (Å²) in [6.07, 6.45) is 3.48. The molecule has 0 spiro atoms. The standard InChI is InChI=1S/C19H20N4O3/c1-4-25-19(24)14-7-5-6-8-16(14)26-15-9-11-20-18(13(15)2)21-17-10-12-23(3)22-17/h5-12H,4H2,1-3H3,(H,20,21,22). The van der Waals surface area contributed by atoms with Gasteiger partial charge in [-0.3, -0.25) is 4.68 Å². The summed E-state index contributed by atoms with van der Waals surface area (Å²) >= 11 is 0. The average molecular weight is 352 g/mol. The summed E-state index contributed by atoms with van der Waals surface area (Å²) in [5.41, 5.74) is 1.18. The molecular weight excluding hydrogens is 332 g/mol. The fraction of sp³-hybridized carbons (Fsp3) is 0.211. The van der Waals surface area contributed by atoms with Crippen molar-refractivity contribution in [3.05, 3.63) is 59.9 Å². The zero-order chi connectivity index (χ0) is 18.5. The van der Waals surface area contributed by atoms with E-state index in [1.165, 1.54) is 0 Å². The number of esters is 1. The Hall–Kier alpha value is -3.35. The molecule has 0 atom stereocenters. The highest BCUT2D eigenvalue weighted by atomic mass is 16.5. The van der Waals surface area contributed by atoms with E-state index in [-0.39, 0.29) is 0 Å². The quantitative estimate of drug-likeness (QED) is 0.679. The zero-order valence-electron chi connectivity index (χ0n) is 14.9. The third-order valence-electron chi connectivity index (χ3n) is 3.72. The largest absolute Gasteiger partial charge is 0.462 e. The third kappa shape index (κ3) is 3.83. The van der Waals surface area contributed by atoms with Crippen LogP contribution in [0.5, 0.6) is 11.5 Å². The van der Waals surface area contributed by atoms with Crippen LogP contribution in [0.4, 0.5) is 11.6 Å². The van der Waals surface area contributed by atoms with Crippen molar-refractivity contribution in [1.82, 2.24) is 14.8 Å². The number of hydrogen-bond donors (Lipinski definition) is 1. The number of hydrogen-bond acceptors (Lipinski definition) is 6. The van der Waals surface area contributed by atoms with E-state index in [0.29, 0.717) is 35.3 Å². The smallest absolute Gasteiger partial charge is 0.341 e. The van der Waals surface area contributed by atoms with Crippen LogP contribution in [-0.4, -0.2) is 27.3 Å². The van der Waals surface area contributed by atoms with Crippen molar-refractivity contribution in [2.75, 3.05) is 11.9 Å². The number of pyridine rings is 1. The number of aryl methyl sites for hydroxylation is 1. The van der Waals surface area contributed by atoms with Crippen LogP contribution >= 0.6 is 0 Å². The van der Waals surface area contributed by atoms with E-state index in [4.69, 9.17) is 9.47 Å². The number of anilines is 2. The molecule has 0 unspecified atom stereocenters. The highest BCUT2D eigenvalue weighted by molar-refractivity contribution is 5.92. The molecule has 134 valence electrons. The lowest BCUT2D eigenvalue weighted by molar-refractivity contribution is 0.0523. The molecule has 1 aromatic carbocycles. The number of nitrogens with one attached hydrogen (secondary N) is 1. The molecule has 3 rings (SSSR count). The molecule has 0 aliphatic carbocycles. The van der Waals surface area contributed by atoms with Gasteiger partial charge in [-0.15, -0.1) is 0 Å². The zero-order valence-corrected chi connectivity index (χ0v) is 14.9. The fourth-order valence-corrected chi connectivity index (χ4v) is 2.41. The Morgan fingerprint density at radius 3 is 2.73 bits per heavy atom. The minimum atomic E-state index is -0.415. The van der Waals surface area contributed by atoms with E-state index in [1.807, 2.05) is 32.3 Å². The van der Waals surface area contributed by atoms with Gasteiger partial charge in [0.2, 0.25) is 0 Å². The Morgan fingerprint density at radius 1 is 1.19 bits per heavy atom. The molecule has 0 saturated carbocycles. The van der Waals surface area contributed by atoms with Crippen LogP contribution in [0.1, 0.15) is 22.8 Å². The molecule has 26 heavy (non-hydrogen) atoms. The van der Waals surface area contributed by atoms with Crippen LogP contribution in [0.25, 0.3) is 0 Å². The van der Waals surface area contributed by atoms with Crippen LogP contribution < -0.4 is 10.1 Å². The first-order valence-electron chi connectivity index (χ1n) is 8.24. The number of benzene rings is 1. The molecule has 0 radical (unpaired) electrons. The first-order valence-corrected chi connectivity index (χ1v) is 8.24. The Balaban J connectivity index is 1.87. The Bertz CT molecular complexity index is 921. The van der Waals surface area contributed by atoms with Gasteiger partial charge in [0.25, 0.3) is 0 Å². The monoisotopic (exact) mass is 352 g/mol. The minimum absolute atomic E-state index is 0.305. The molecule has 0 saturated heterocycles. The highest BCUT2D eigenvalue weighted by Crippen LogP contribution is 2.31. The van der Waals surface area contributed by atoms with E-state index >= 15 is 0 Å². The van der Waals surface area contributed by atoms with Crippen LogP contribution in [0.3, 0.4) is 0 Å². The van der Waals surface area contributed by atoms with Crippen molar-refractivity contribution in [1.29, 1.82) is 0 Å². The van der Waals surface area contributed by atoms with E-state index in [9.17, 15) is 4.79 Å². The van der Waals surface area contributed by atoms with Gasteiger partial charge in [0.15, 0.2) is 5.82 Å². The van der Waals surface area contributed by atoms with E-state index in [1.54, 1.807) is 42.1 Å². The summed E-state index contributed by atoms with van der Waals surface area (Å²) in [4.78, 5) is 16.5. The maximum Gasteiger partial charge on any atom is 0.341 e. The Kier molecular flexibility index (Phi) is 5.17. The van der Waals surface area contributed by atoms with Gasteiger partial charge in [-0.1, -0.05) is 12.1 Å². The van der Waals surface area contributed by atoms with Crippen molar-refractivity contribution in [3.63, 3.8) is 0 Å². The number of rotatable bonds is 6. The van der Waals surface area contributed by atoms with Gasteiger partial charge in [-0.05, 0) is 32.0 Å². The molecule has 0 aliphatic rings. The molecule has 7 heteroatoms. The molecule has 0 bridgehead atoms. The lowest BCUT2D eigenvalue weighted by atomic mass is 10.2. The van der Waals surface area contributed by atoms with Crippen molar-refractivity contribution in [2.45, 2.75) is 13.8 Å². The average Bonchev–Trinajstić information content (AvgIpc) is 3.04. The molecule has 2 aromatic heterocycles. The molecule has 7 nitrogen and oxygen atoms in total. The van der Waals surface area contributed by atoms with Crippen LogP contribution in [0, 0.1) is 6.92 Å². The molecule has 0 aliphatic heterocycles. The van der Waals surface area contributed by atoms with Gasteiger partial charge in [-0.25, -0.2) is 9.78 Å². The number of aromatic nitrogens is 3. The van der Waals surface area contributed by atoms with E-state index < -0.39 is 5.97 Å². The van der Waals surface area contributed by atoms with Gasteiger partial charge in [0.05, 0.1) is 6.61 Å².